The Morgan fingerprint density at radius 2 is 1.89 bits per heavy atom. The van der Waals surface area contributed by atoms with E-state index in [0.29, 0.717) is 30.6 Å². The van der Waals surface area contributed by atoms with Gasteiger partial charge in [-0.15, -0.1) is 0 Å². The van der Waals surface area contributed by atoms with Crippen molar-refractivity contribution in [2.45, 2.75) is 34.1 Å². The van der Waals surface area contributed by atoms with Gasteiger partial charge in [-0.05, 0) is 11.8 Å². The number of rotatable bonds is 6. The fraction of sp³-hybridized carbons (Fsp3) is 0.667. The van der Waals surface area contributed by atoms with Gasteiger partial charge in [0.25, 0.3) is 0 Å². The van der Waals surface area contributed by atoms with Crippen LogP contribution < -0.4 is 5.32 Å². The van der Waals surface area contributed by atoms with Crippen molar-refractivity contribution in [3.63, 3.8) is 0 Å². The number of halogens is 1. The first-order chi connectivity index (χ1) is 8.81. The van der Waals surface area contributed by atoms with Crippen LogP contribution in [0.4, 0.5) is 11.5 Å². The van der Waals surface area contributed by atoms with Gasteiger partial charge >= 0.3 is 5.69 Å². The predicted octanol–water partition coefficient (Wildman–Crippen LogP) is 3.30. The summed E-state index contributed by atoms with van der Waals surface area (Å²) in [6, 6.07) is 0. The molecule has 0 saturated heterocycles. The van der Waals surface area contributed by atoms with Crippen LogP contribution in [0.5, 0.6) is 0 Å². The quantitative estimate of drug-likeness (QED) is 0.493. The highest BCUT2D eigenvalue weighted by Gasteiger charge is 2.23. The Morgan fingerprint density at radius 1 is 1.26 bits per heavy atom. The van der Waals surface area contributed by atoms with Crippen LogP contribution in [-0.4, -0.2) is 21.4 Å². The molecular formula is C12H19ClN4O2. The van der Waals surface area contributed by atoms with Gasteiger partial charge in [0, 0.05) is 13.0 Å². The highest BCUT2D eigenvalue weighted by atomic mass is 35.5. The lowest BCUT2D eigenvalue weighted by Gasteiger charge is -2.11. The number of nitrogens with zero attached hydrogens (tertiary/aromatic N) is 3. The van der Waals surface area contributed by atoms with Gasteiger partial charge in [0.2, 0.25) is 11.0 Å². The van der Waals surface area contributed by atoms with E-state index >= 15 is 0 Å². The van der Waals surface area contributed by atoms with Crippen molar-refractivity contribution in [2.24, 2.45) is 11.8 Å². The summed E-state index contributed by atoms with van der Waals surface area (Å²) < 4.78 is 0. The molecule has 0 unspecified atom stereocenters. The molecule has 0 saturated carbocycles. The molecule has 0 radical (unpaired) electrons. The molecule has 0 aliphatic rings. The first-order valence-electron chi connectivity index (χ1n) is 6.26. The SMILES string of the molecule is CC(C)CNc1nc(CC(C)C)nc(Cl)c1[N+](=O)[O-]. The molecule has 1 aromatic rings. The van der Waals surface area contributed by atoms with E-state index in [2.05, 4.69) is 15.3 Å². The van der Waals surface area contributed by atoms with Gasteiger partial charge in [0.15, 0.2) is 0 Å². The third-order valence-electron chi connectivity index (χ3n) is 2.34. The monoisotopic (exact) mass is 286 g/mol. The third kappa shape index (κ3) is 4.63. The molecular weight excluding hydrogens is 268 g/mol. The van der Waals surface area contributed by atoms with Crippen molar-refractivity contribution in [3.05, 3.63) is 21.1 Å². The zero-order valence-corrected chi connectivity index (χ0v) is 12.4. The molecule has 1 N–H and O–H groups in total. The van der Waals surface area contributed by atoms with Crippen molar-refractivity contribution in [3.8, 4) is 0 Å². The maximum atomic E-state index is 11.0. The molecule has 1 heterocycles. The zero-order valence-electron chi connectivity index (χ0n) is 11.6. The van der Waals surface area contributed by atoms with Crippen LogP contribution in [0, 0.1) is 22.0 Å². The van der Waals surface area contributed by atoms with Crippen LogP contribution in [-0.2, 0) is 6.42 Å². The summed E-state index contributed by atoms with van der Waals surface area (Å²) in [7, 11) is 0. The van der Waals surface area contributed by atoms with E-state index in [4.69, 9.17) is 11.6 Å². The summed E-state index contributed by atoms with van der Waals surface area (Å²) in [5.41, 5.74) is -0.255. The molecule has 106 valence electrons. The molecule has 6 nitrogen and oxygen atoms in total. The topological polar surface area (TPSA) is 81.0 Å². The summed E-state index contributed by atoms with van der Waals surface area (Å²) in [4.78, 5) is 18.7. The van der Waals surface area contributed by atoms with E-state index in [1.54, 1.807) is 0 Å². The van der Waals surface area contributed by atoms with E-state index < -0.39 is 4.92 Å². The van der Waals surface area contributed by atoms with Gasteiger partial charge < -0.3 is 5.32 Å². The van der Waals surface area contributed by atoms with E-state index in [0.717, 1.165) is 0 Å². The van der Waals surface area contributed by atoms with Gasteiger partial charge in [-0.25, -0.2) is 9.97 Å². The summed E-state index contributed by atoms with van der Waals surface area (Å²) in [5.74, 6) is 1.43. The van der Waals surface area contributed by atoms with E-state index in [9.17, 15) is 10.1 Å². The molecule has 19 heavy (non-hydrogen) atoms. The minimum atomic E-state index is -0.551. The van der Waals surface area contributed by atoms with Crippen molar-refractivity contribution in [1.29, 1.82) is 0 Å². The van der Waals surface area contributed by atoms with Gasteiger partial charge in [0.1, 0.15) is 5.82 Å². The fourth-order valence-corrected chi connectivity index (χ4v) is 1.77. The average molecular weight is 287 g/mol. The van der Waals surface area contributed by atoms with Gasteiger partial charge in [-0.1, -0.05) is 39.3 Å². The molecule has 0 spiro atoms. The normalized spacial score (nSPS) is 11.1. The van der Waals surface area contributed by atoms with Crippen molar-refractivity contribution < 1.29 is 4.92 Å². The van der Waals surface area contributed by atoms with Crippen LogP contribution in [0.25, 0.3) is 0 Å². The summed E-state index contributed by atoms with van der Waals surface area (Å²) in [6.45, 7) is 8.67. The van der Waals surface area contributed by atoms with E-state index in [-0.39, 0.29) is 16.7 Å². The number of hydrogen-bond donors (Lipinski definition) is 1. The number of nitrogens with one attached hydrogen (secondary N) is 1. The zero-order chi connectivity index (χ0) is 14.6. The summed E-state index contributed by atoms with van der Waals surface area (Å²) >= 11 is 5.90. The Morgan fingerprint density at radius 3 is 2.37 bits per heavy atom. The fourth-order valence-electron chi connectivity index (χ4n) is 1.51. The molecule has 0 amide bonds. The molecule has 0 atom stereocenters. The van der Waals surface area contributed by atoms with Crippen LogP contribution in [0.2, 0.25) is 5.15 Å². The lowest BCUT2D eigenvalue weighted by molar-refractivity contribution is -0.384. The van der Waals surface area contributed by atoms with Crippen molar-refractivity contribution in [2.75, 3.05) is 11.9 Å². The molecule has 7 heteroatoms. The molecule has 0 aliphatic carbocycles. The maximum absolute atomic E-state index is 11.0. The van der Waals surface area contributed by atoms with Crippen LogP contribution in [0.3, 0.4) is 0 Å². The molecule has 0 aliphatic heterocycles. The maximum Gasteiger partial charge on any atom is 0.348 e. The summed E-state index contributed by atoms with van der Waals surface area (Å²) in [6.07, 6.45) is 0.633. The first-order valence-corrected chi connectivity index (χ1v) is 6.63. The first kappa shape index (κ1) is 15.6. The van der Waals surface area contributed by atoms with Gasteiger partial charge in [0.05, 0.1) is 4.92 Å². The standard InChI is InChI=1S/C12H19ClN4O2/c1-7(2)5-9-15-11(13)10(17(18)19)12(16-9)14-6-8(3)4/h7-8H,5-6H2,1-4H3,(H,14,15,16). The Balaban J connectivity index is 3.13. The van der Waals surface area contributed by atoms with Gasteiger partial charge in [-0.2, -0.15) is 0 Å². The van der Waals surface area contributed by atoms with Crippen LogP contribution in [0.15, 0.2) is 0 Å². The number of anilines is 1. The van der Waals surface area contributed by atoms with Crippen molar-refractivity contribution >= 4 is 23.1 Å². The van der Waals surface area contributed by atoms with E-state index in [1.165, 1.54) is 0 Å². The average Bonchev–Trinajstić information content (AvgIpc) is 2.23. The minimum Gasteiger partial charge on any atom is -0.364 e. The Hall–Kier alpha value is -1.43. The number of nitro groups is 1. The molecule has 0 aromatic carbocycles. The predicted molar refractivity (Wildman–Crippen MR) is 75.6 cm³/mol. The second kappa shape index (κ2) is 6.65. The second-order valence-corrected chi connectivity index (χ2v) is 5.62. The second-order valence-electron chi connectivity index (χ2n) is 5.26. The number of hydrogen-bond acceptors (Lipinski definition) is 5. The van der Waals surface area contributed by atoms with Crippen LogP contribution >= 0.6 is 11.6 Å². The molecule has 1 rings (SSSR count). The Bertz CT molecular complexity index is 463. The molecule has 0 fully saturated rings. The largest absolute Gasteiger partial charge is 0.364 e. The Kier molecular flexibility index (Phi) is 5.47. The molecule has 1 aromatic heterocycles. The smallest absolute Gasteiger partial charge is 0.348 e. The highest BCUT2D eigenvalue weighted by molar-refractivity contribution is 6.31. The van der Waals surface area contributed by atoms with Crippen LogP contribution in [0.1, 0.15) is 33.5 Å². The van der Waals surface area contributed by atoms with Crippen molar-refractivity contribution in [1.82, 2.24) is 9.97 Å². The lowest BCUT2D eigenvalue weighted by atomic mass is 10.1. The number of aromatic nitrogens is 2. The van der Waals surface area contributed by atoms with E-state index in [1.807, 2.05) is 27.7 Å². The molecule has 0 bridgehead atoms. The summed E-state index contributed by atoms with van der Waals surface area (Å²) in [5, 5.41) is 13.9. The van der Waals surface area contributed by atoms with Gasteiger partial charge in [-0.3, -0.25) is 10.1 Å². The Labute approximate surface area is 117 Å². The third-order valence-corrected chi connectivity index (χ3v) is 2.60. The minimum absolute atomic E-state index is 0.109. The highest BCUT2D eigenvalue weighted by Crippen LogP contribution is 2.30. The lowest BCUT2D eigenvalue weighted by Crippen LogP contribution is -2.13.